The Bertz CT molecular complexity index is 681. The summed E-state index contributed by atoms with van der Waals surface area (Å²) in [5.74, 6) is -0.775. The number of aliphatic hydroxyl groups is 1. The Kier molecular flexibility index (Phi) is 3.83. The van der Waals surface area contributed by atoms with Crippen molar-refractivity contribution in [1.29, 1.82) is 0 Å². The predicted octanol–water partition coefficient (Wildman–Crippen LogP) is -0.162. The number of fused-ring (bicyclic) bond motifs is 1. The highest BCUT2D eigenvalue weighted by Crippen LogP contribution is 2.36. The van der Waals surface area contributed by atoms with Crippen LogP contribution in [0.3, 0.4) is 0 Å². The number of nitrogens with one attached hydrogen (secondary N) is 1. The molecule has 116 valence electrons. The van der Waals surface area contributed by atoms with E-state index in [1.165, 1.54) is 12.1 Å². The molecule has 9 heteroatoms. The van der Waals surface area contributed by atoms with Gasteiger partial charge in [0.2, 0.25) is 16.8 Å². The summed E-state index contributed by atoms with van der Waals surface area (Å²) in [5.41, 5.74) is -1.78. The van der Waals surface area contributed by atoms with Crippen molar-refractivity contribution in [2.45, 2.75) is 24.3 Å². The summed E-state index contributed by atoms with van der Waals surface area (Å²) in [6.07, 6.45) is 0. The van der Waals surface area contributed by atoms with Crippen LogP contribution in [0.25, 0.3) is 0 Å². The first kappa shape index (κ1) is 15.5. The highest BCUT2D eigenvalue weighted by Gasteiger charge is 2.32. The molecule has 1 atom stereocenters. The highest BCUT2D eigenvalue weighted by atomic mass is 32.2. The number of benzene rings is 1. The maximum atomic E-state index is 12.2. The van der Waals surface area contributed by atoms with E-state index in [1.54, 1.807) is 6.92 Å². The Morgan fingerprint density at radius 2 is 1.95 bits per heavy atom. The number of ether oxygens (including phenoxy) is 2. The zero-order chi connectivity index (χ0) is 15.8. The summed E-state index contributed by atoms with van der Waals surface area (Å²) in [7, 11) is -3.99. The lowest BCUT2D eigenvalue weighted by Crippen LogP contribution is -2.46. The third-order valence-corrected chi connectivity index (χ3v) is 4.57. The molecule has 2 rings (SSSR count). The molecule has 1 unspecified atom stereocenters. The van der Waals surface area contributed by atoms with Crippen molar-refractivity contribution >= 4 is 16.0 Å². The topological polar surface area (TPSA) is 122 Å². The predicted molar refractivity (Wildman–Crippen MR) is 70.8 cm³/mol. The minimum atomic E-state index is -3.99. The van der Waals surface area contributed by atoms with Crippen molar-refractivity contribution in [2.75, 3.05) is 13.3 Å². The van der Waals surface area contributed by atoms with Gasteiger partial charge < -0.3 is 19.7 Å². The third kappa shape index (κ3) is 3.09. The number of hydrogen-bond acceptors (Lipinski definition) is 6. The van der Waals surface area contributed by atoms with Crippen LogP contribution in [0.5, 0.6) is 11.5 Å². The second kappa shape index (κ2) is 5.17. The number of sulfonamides is 1. The quantitative estimate of drug-likeness (QED) is 0.689. The second-order valence-electron chi connectivity index (χ2n) is 4.87. The molecule has 0 aliphatic carbocycles. The Hall–Kier alpha value is -1.84. The van der Waals surface area contributed by atoms with E-state index in [0.29, 0.717) is 17.1 Å². The van der Waals surface area contributed by atoms with Crippen LogP contribution in [-0.4, -0.2) is 43.5 Å². The lowest BCUT2D eigenvalue weighted by molar-refractivity contribution is -0.155. The molecule has 1 heterocycles. The van der Waals surface area contributed by atoms with Crippen LogP contribution in [0.1, 0.15) is 12.5 Å². The summed E-state index contributed by atoms with van der Waals surface area (Å²) in [6.45, 7) is 1.94. The fourth-order valence-electron chi connectivity index (χ4n) is 1.70. The largest absolute Gasteiger partial charge is 0.479 e. The van der Waals surface area contributed by atoms with Crippen molar-refractivity contribution in [3.63, 3.8) is 0 Å². The van der Waals surface area contributed by atoms with Gasteiger partial charge in [0.05, 0.1) is 11.4 Å². The number of hydrogen-bond donors (Lipinski definition) is 3. The van der Waals surface area contributed by atoms with Crippen LogP contribution in [0.2, 0.25) is 0 Å². The van der Waals surface area contributed by atoms with Gasteiger partial charge in [0.25, 0.3) is 0 Å². The Morgan fingerprint density at radius 1 is 1.38 bits per heavy atom. The summed E-state index contributed by atoms with van der Waals surface area (Å²) in [6, 6.07) is 2.82. The first-order valence-electron chi connectivity index (χ1n) is 5.99. The molecule has 8 nitrogen and oxygen atoms in total. The van der Waals surface area contributed by atoms with Gasteiger partial charge in [0, 0.05) is 6.07 Å². The summed E-state index contributed by atoms with van der Waals surface area (Å²) in [5, 5.41) is 18.3. The molecule has 1 aromatic carbocycles. The van der Waals surface area contributed by atoms with Crippen LogP contribution in [0.15, 0.2) is 17.0 Å². The lowest BCUT2D eigenvalue weighted by Gasteiger charge is -2.19. The van der Waals surface area contributed by atoms with Crippen molar-refractivity contribution in [1.82, 2.24) is 4.72 Å². The fraction of sp³-hybridized carbons (Fsp3) is 0.417. The molecule has 21 heavy (non-hydrogen) atoms. The molecule has 0 fully saturated rings. The maximum absolute atomic E-state index is 12.2. The standard InChI is InChI=1S/C12H15NO7S/c1-7-3-8-9(20-6-19-8)4-10(7)21(17,18)13-5-12(2,16)11(14)15/h3-4,13,16H,5-6H2,1-2H3,(H,14,15). The van der Waals surface area contributed by atoms with E-state index in [0.717, 1.165) is 6.92 Å². The van der Waals surface area contributed by atoms with E-state index < -0.39 is 28.1 Å². The molecular weight excluding hydrogens is 302 g/mol. The minimum Gasteiger partial charge on any atom is -0.479 e. The van der Waals surface area contributed by atoms with Crippen molar-refractivity contribution < 1.29 is 32.9 Å². The van der Waals surface area contributed by atoms with E-state index in [2.05, 4.69) is 4.72 Å². The van der Waals surface area contributed by atoms with Crippen LogP contribution < -0.4 is 14.2 Å². The molecule has 1 aliphatic rings. The van der Waals surface area contributed by atoms with Crippen molar-refractivity contribution in [3.05, 3.63) is 17.7 Å². The molecule has 3 N–H and O–H groups in total. The fourth-order valence-corrected chi connectivity index (χ4v) is 3.07. The van der Waals surface area contributed by atoms with E-state index in [1.807, 2.05) is 0 Å². The first-order chi connectivity index (χ1) is 9.63. The van der Waals surface area contributed by atoms with Crippen LogP contribution in [0.4, 0.5) is 0 Å². The van der Waals surface area contributed by atoms with Gasteiger partial charge >= 0.3 is 5.97 Å². The maximum Gasteiger partial charge on any atom is 0.336 e. The summed E-state index contributed by atoms with van der Waals surface area (Å²) in [4.78, 5) is 10.7. The van der Waals surface area contributed by atoms with E-state index >= 15 is 0 Å². The minimum absolute atomic E-state index is 0.0133. The number of aryl methyl sites for hydroxylation is 1. The van der Waals surface area contributed by atoms with Gasteiger partial charge in [-0.15, -0.1) is 0 Å². The number of carbonyl (C=O) groups is 1. The number of carboxylic acid groups (broad SMARTS) is 1. The summed E-state index contributed by atoms with van der Waals surface area (Å²) < 4.78 is 36.7. The Labute approximate surface area is 121 Å². The molecule has 0 spiro atoms. The van der Waals surface area contributed by atoms with Gasteiger partial charge in [-0.25, -0.2) is 17.9 Å². The molecule has 1 aliphatic heterocycles. The Balaban J connectivity index is 2.27. The number of rotatable bonds is 5. The Morgan fingerprint density at radius 3 is 2.52 bits per heavy atom. The number of aliphatic carboxylic acids is 1. The molecule has 0 aromatic heterocycles. The van der Waals surface area contributed by atoms with E-state index in [-0.39, 0.29) is 11.7 Å². The van der Waals surface area contributed by atoms with Crippen LogP contribution >= 0.6 is 0 Å². The second-order valence-corrected chi connectivity index (χ2v) is 6.61. The van der Waals surface area contributed by atoms with Gasteiger partial charge in [-0.1, -0.05) is 0 Å². The average molecular weight is 317 g/mol. The van der Waals surface area contributed by atoms with Gasteiger partial charge in [0.1, 0.15) is 0 Å². The molecule has 0 radical (unpaired) electrons. The first-order valence-corrected chi connectivity index (χ1v) is 7.47. The molecule has 0 bridgehead atoms. The van der Waals surface area contributed by atoms with Gasteiger partial charge in [-0.05, 0) is 25.5 Å². The normalized spacial score (nSPS) is 16.5. The average Bonchev–Trinajstić information content (AvgIpc) is 2.82. The molecule has 0 saturated heterocycles. The smallest absolute Gasteiger partial charge is 0.336 e. The van der Waals surface area contributed by atoms with Crippen molar-refractivity contribution in [2.24, 2.45) is 0 Å². The van der Waals surface area contributed by atoms with Crippen molar-refractivity contribution in [3.8, 4) is 11.5 Å². The molecule has 0 amide bonds. The SMILES string of the molecule is Cc1cc2c(cc1S(=O)(=O)NCC(C)(O)C(=O)O)OCO2. The number of carboxylic acids is 1. The van der Waals surface area contributed by atoms with Gasteiger partial charge in [-0.2, -0.15) is 0 Å². The van der Waals surface area contributed by atoms with Crippen LogP contribution in [0, 0.1) is 6.92 Å². The molecular formula is C12H15NO7S. The highest BCUT2D eigenvalue weighted by molar-refractivity contribution is 7.89. The molecule has 0 saturated carbocycles. The van der Waals surface area contributed by atoms with Gasteiger partial charge in [0.15, 0.2) is 17.1 Å². The third-order valence-electron chi connectivity index (χ3n) is 3.03. The lowest BCUT2D eigenvalue weighted by atomic mass is 10.1. The summed E-state index contributed by atoms with van der Waals surface area (Å²) >= 11 is 0. The van der Waals surface area contributed by atoms with Gasteiger partial charge in [-0.3, -0.25) is 0 Å². The molecule has 1 aromatic rings. The van der Waals surface area contributed by atoms with E-state index in [4.69, 9.17) is 14.6 Å². The van der Waals surface area contributed by atoms with E-state index in [9.17, 15) is 18.3 Å². The van der Waals surface area contributed by atoms with Crippen LogP contribution in [-0.2, 0) is 14.8 Å². The zero-order valence-electron chi connectivity index (χ0n) is 11.4. The zero-order valence-corrected chi connectivity index (χ0v) is 12.2. The monoisotopic (exact) mass is 317 g/mol.